The zero-order chi connectivity index (χ0) is 22.0. The Morgan fingerprint density at radius 1 is 1.26 bits per heavy atom. The molecule has 2 atom stereocenters. The van der Waals surface area contributed by atoms with Crippen LogP contribution in [0.25, 0.3) is 10.4 Å². The highest BCUT2D eigenvalue weighted by atomic mass is 79.9. The fourth-order valence-electron chi connectivity index (χ4n) is 3.73. The summed E-state index contributed by atoms with van der Waals surface area (Å²) in [6.45, 7) is 2.48. The predicted octanol–water partition coefficient (Wildman–Crippen LogP) is 3.77. The molecule has 1 aliphatic heterocycles. The third-order valence-electron chi connectivity index (χ3n) is 5.34. The van der Waals surface area contributed by atoms with Crippen molar-refractivity contribution in [3.05, 3.63) is 75.3 Å². The number of hydrogen-bond donors (Lipinski definition) is 2. The number of aliphatic hydroxyl groups is 1. The summed E-state index contributed by atoms with van der Waals surface area (Å²) in [5.74, 6) is -0.524. The number of likely N-dealkylation sites (tertiary alicyclic amines) is 1. The van der Waals surface area contributed by atoms with Crippen LogP contribution in [-0.2, 0) is 11.3 Å². The summed E-state index contributed by atoms with van der Waals surface area (Å²) in [5.41, 5.74) is 5.37. The van der Waals surface area contributed by atoms with E-state index in [1.54, 1.807) is 29.5 Å². The van der Waals surface area contributed by atoms with Crippen molar-refractivity contribution < 1.29 is 14.7 Å². The smallest absolute Gasteiger partial charge is 0.254 e. The zero-order valence-electron chi connectivity index (χ0n) is 16.9. The van der Waals surface area contributed by atoms with Crippen molar-refractivity contribution in [3.8, 4) is 10.4 Å². The minimum absolute atomic E-state index is 0.145. The van der Waals surface area contributed by atoms with E-state index < -0.39 is 12.1 Å². The predicted molar refractivity (Wildman–Crippen MR) is 124 cm³/mol. The number of halogens is 1. The Bertz CT molecular complexity index is 1100. The molecule has 2 amide bonds. The van der Waals surface area contributed by atoms with Crippen molar-refractivity contribution >= 4 is 39.1 Å². The molecular weight excluding hydrogens is 478 g/mol. The minimum atomic E-state index is -0.714. The summed E-state index contributed by atoms with van der Waals surface area (Å²) < 4.78 is 0.788. The molecule has 160 valence electrons. The van der Waals surface area contributed by atoms with Crippen LogP contribution in [0.2, 0.25) is 0 Å². The van der Waals surface area contributed by atoms with Gasteiger partial charge in [0.2, 0.25) is 5.91 Å². The van der Waals surface area contributed by atoms with Gasteiger partial charge in [-0.15, -0.1) is 11.3 Å². The van der Waals surface area contributed by atoms with Gasteiger partial charge in [-0.1, -0.05) is 46.3 Å². The number of hydrogen-bond acceptors (Lipinski definition) is 5. The van der Waals surface area contributed by atoms with Gasteiger partial charge in [0.15, 0.2) is 0 Å². The molecule has 1 saturated heterocycles. The number of aromatic nitrogens is 1. The molecule has 4 rings (SSSR count). The zero-order valence-corrected chi connectivity index (χ0v) is 19.3. The highest BCUT2D eigenvalue weighted by Crippen LogP contribution is 2.27. The number of carbonyl (C=O) groups excluding carboxylic acids is 2. The summed E-state index contributed by atoms with van der Waals surface area (Å²) in [5, 5.41) is 13.0. The molecule has 0 radical (unpaired) electrons. The minimum Gasteiger partial charge on any atom is -0.391 e. The third kappa shape index (κ3) is 4.87. The lowest BCUT2D eigenvalue weighted by Crippen LogP contribution is -2.45. The number of nitrogens with zero attached hydrogens (tertiary/aromatic N) is 2. The first kappa shape index (κ1) is 21.7. The van der Waals surface area contributed by atoms with Crippen molar-refractivity contribution in [2.45, 2.75) is 32.0 Å². The lowest BCUT2D eigenvalue weighted by atomic mass is 10.1. The van der Waals surface area contributed by atoms with Gasteiger partial charge in [0, 0.05) is 29.5 Å². The van der Waals surface area contributed by atoms with Crippen molar-refractivity contribution in [1.82, 2.24) is 15.2 Å². The van der Waals surface area contributed by atoms with Crippen LogP contribution in [0.4, 0.5) is 0 Å². The van der Waals surface area contributed by atoms with E-state index in [0.717, 1.165) is 26.2 Å². The van der Waals surface area contributed by atoms with Crippen LogP contribution >= 0.6 is 27.3 Å². The van der Waals surface area contributed by atoms with E-state index in [-0.39, 0.29) is 24.8 Å². The Kier molecular flexibility index (Phi) is 6.50. The maximum absolute atomic E-state index is 12.9. The molecule has 0 bridgehead atoms. The molecule has 2 aromatic carbocycles. The van der Waals surface area contributed by atoms with E-state index in [4.69, 9.17) is 0 Å². The van der Waals surface area contributed by atoms with Crippen molar-refractivity contribution in [1.29, 1.82) is 0 Å². The van der Waals surface area contributed by atoms with Crippen LogP contribution in [0, 0.1) is 6.92 Å². The van der Waals surface area contributed by atoms with Crippen molar-refractivity contribution in [2.24, 2.45) is 0 Å². The Balaban J connectivity index is 1.41. The van der Waals surface area contributed by atoms with Crippen LogP contribution < -0.4 is 5.32 Å². The molecule has 2 N–H and O–H groups in total. The standard InChI is InChI=1S/C23H22BrN3O3S/c1-14-21(31-13-26-14)16-7-5-15(6-8-16)11-25-22(29)20-10-19(28)12-27(20)23(30)17-3-2-4-18(24)9-17/h2-9,13,19-20,28H,10-12H2,1H3,(H,25,29)/t19-,20+/m1/s1. The van der Waals surface area contributed by atoms with E-state index in [0.29, 0.717) is 12.1 Å². The number of thiazole rings is 1. The first-order valence-electron chi connectivity index (χ1n) is 9.94. The number of aliphatic hydroxyl groups excluding tert-OH is 1. The topological polar surface area (TPSA) is 82.5 Å². The summed E-state index contributed by atoms with van der Waals surface area (Å²) in [4.78, 5) is 32.6. The molecule has 0 aliphatic carbocycles. The highest BCUT2D eigenvalue weighted by Gasteiger charge is 2.39. The quantitative estimate of drug-likeness (QED) is 0.559. The van der Waals surface area contributed by atoms with E-state index in [1.807, 2.05) is 42.8 Å². The number of carbonyl (C=O) groups is 2. The van der Waals surface area contributed by atoms with Crippen LogP contribution in [-0.4, -0.2) is 45.5 Å². The fourth-order valence-corrected chi connectivity index (χ4v) is 4.94. The number of aryl methyl sites for hydroxylation is 1. The second-order valence-corrected chi connectivity index (χ2v) is 9.33. The van der Waals surface area contributed by atoms with Crippen LogP contribution in [0.15, 0.2) is 58.5 Å². The molecule has 0 unspecified atom stereocenters. The number of rotatable bonds is 5. The van der Waals surface area contributed by atoms with Gasteiger partial charge in [-0.3, -0.25) is 9.59 Å². The lowest BCUT2D eigenvalue weighted by Gasteiger charge is -2.24. The Hall–Kier alpha value is -2.55. The average molecular weight is 500 g/mol. The van der Waals surface area contributed by atoms with Crippen molar-refractivity contribution in [2.75, 3.05) is 6.54 Å². The fraction of sp³-hybridized carbons (Fsp3) is 0.261. The normalized spacial score (nSPS) is 18.2. The maximum Gasteiger partial charge on any atom is 0.254 e. The third-order valence-corrected chi connectivity index (χ3v) is 6.81. The lowest BCUT2D eigenvalue weighted by molar-refractivity contribution is -0.125. The molecule has 2 heterocycles. The first-order chi connectivity index (χ1) is 14.9. The molecule has 0 saturated carbocycles. The maximum atomic E-state index is 12.9. The molecule has 1 aliphatic rings. The largest absolute Gasteiger partial charge is 0.391 e. The molecular formula is C23H22BrN3O3S. The Morgan fingerprint density at radius 2 is 2.03 bits per heavy atom. The Morgan fingerprint density at radius 3 is 2.71 bits per heavy atom. The molecule has 1 fully saturated rings. The van der Waals surface area contributed by atoms with E-state index in [2.05, 4.69) is 26.2 Å². The monoisotopic (exact) mass is 499 g/mol. The van der Waals surface area contributed by atoms with Gasteiger partial charge in [0.05, 0.1) is 22.2 Å². The molecule has 1 aromatic heterocycles. The van der Waals surface area contributed by atoms with Gasteiger partial charge in [0.1, 0.15) is 6.04 Å². The first-order valence-corrected chi connectivity index (χ1v) is 11.6. The van der Waals surface area contributed by atoms with Gasteiger partial charge < -0.3 is 15.3 Å². The molecule has 6 nitrogen and oxygen atoms in total. The molecule has 31 heavy (non-hydrogen) atoms. The highest BCUT2D eigenvalue weighted by molar-refractivity contribution is 9.10. The van der Waals surface area contributed by atoms with Crippen LogP contribution in [0.1, 0.15) is 28.0 Å². The van der Waals surface area contributed by atoms with E-state index in [1.165, 1.54) is 4.90 Å². The second kappa shape index (κ2) is 9.30. The van der Waals surface area contributed by atoms with Crippen LogP contribution in [0.3, 0.4) is 0 Å². The molecule has 8 heteroatoms. The summed E-state index contributed by atoms with van der Waals surface area (Å²) >= 11 is 4.97. The summed E-state index contributed by atoms with van der Waals surface area (Å²) in [7, 11) is 0. The number of β-amino-alcohol motifs (C(OH)–C–C–N with tert-alkyl or cyclic N) is 1. The van der Waals surface area contributed by atoms with Gasteiger partial charge in [-0.25, -0.2) is 4.98 Å². The molecule has 3 aromatic rings. The SMILES string of the molecule is Cc1ncsc1-c1ccc(CNC(=O)[C@@H]2C[C@@H](O)CN2C(=O)c2cccc(Br)c2)cc1. The number of benzene rings is 2. The number of nitrogens with one attached hydrogen (secondary N) is 1. The van der Waals surface area contributed by atoms with Crippen molar-refractivity contribution in [3.63, 3.8) is 0 Å². The van der Waals surface area contributed by atoms with Gasteiger partial charge >= 0.3 is 0 Å². The van der Waals surface area contributed by atoms with E-state index in [9.17, 15) is 14.7 Å². The molecule has 0 spiro atoms. The summed E-state index contributed by atoms with van der Waals surface area (Å²) in [6.07, 6.45) is -0.483. The Labute approximate surface area is 193 Å². The van der Waals surface area contributed by atoms with E-state index >= 15 is 0 Å². The number of amides is 2. The van der Waals surface area contributed by atoms with Gasteiger partial charge in [-0.2, -0.15) is 0 Å². The average Bonchev–Trinajstić information content (AvgIpc) is 3.37. The summed E-state index contributed by atoms with van der Waals surface area (Å²) in [6, 6.07) is 14.3. The van der Waals surface area contributed by atoms with Gasteiger partial charge in [-0.05, 0) is 36.2 Å². The van der Waals surface area contributed by atoms with Crippen LogP contribution in [0.5, 0.6) is 0 Å². The van der Waals surface area contributed by atoms with Gasteiger partial charge in [0.25, 0.3) is 5.91 Å². The second-order valence-electron chi connectivity index (χ2n) is 7.55.